The molecule has 0 aromatic rings. The average molecular weight is 180 g/mol. The number of aldehydes is 2. The van der Waals surface area contributed by atoms with Gasteiger partial charge in [0.15, 0.2) is 0 Å². The standard InChI is InChI=1S/C11H16O2/c1-10(8-12)6-4-3-5-7-11(2)9-13/h8-9H,1-7H2. The van der Waals surface area contributed by atoms with Crippen molar-refractivity contribution in [2.75, 3.05) is 0 Å². The van der Waals surface area contributed by atoms with Crippen molar-refractivity contribution in [1.82, 2.24) is 0 Å². The number of hydrogen-bond acceptors (Lipinski definition) is 2. The SMILES string of the molecule is C=C(C=O)CCCCCC(=C)C=O. The van der Waals surface area contributed by atoms with Gasteiger partial charge in [0.25, 0.3) is 0 Å². The number of rotatable bonds is 8. The van der Waals surface area contributed by atoms with E-state index in [0.717, 1.165) is 44.7 Å². The lowest BCUT2D eigenvalue weighted by Gasteiger charge is -1.99. The molecule has 0 bridgehead atoms. The third-order valence-corrected chi connectivity index (χ3v) is 1.83. The summed E-state index contributed by atoms with van der Waals surface area (Å²) < 4.78 is 0. The second kappa shape index (κ2) is 7.47. The molecule has 0 aliphatic rings. The van der Waals surface area contributed by atoms with Crippen molar-refractivity contribution in [3.8, 4) is 0 Å². The molecule has 0 amide bonds. The maximum Gasteiger partial charge on any atom is 0.145 e. The number of allylic oxidation sites excluding steroid dienone is 2. The van der Waals surface area contributed by atoms with Crippen molar-refractivity contribution >= 4 is 12.6 Å². The lowest BCUT2D eigenvalue weighted by Crippen LogP contribution is -1.86. The molecule has 0 saturated heterocycles. The van der Waals surface area contributed by atoms with Gasteiger partial charge in [-0.15, -0.1) is 0 Å². The highest BCUT2D eigenvalue weighted by Gasteiger charge is 1.94. The molecule has 0 saturated carbocycles. The summed E-state index contributed by atoms with van der Waals surface area (Å²) in [6.45, 7) is 7.16. The average Bonchev–Trinajstić information content (AvgIpc) is 2.16. The summed E-state index contributed by atoms with van der Waals surface area (Å²) >= 11 is 0. The van der Waals surface area contributed by atoms with Gasteiger partial charge in [0.05, 0.1) is 0 Å². The van der Waals surface area contributed by atoms with Crippen LogP contribution in [-0.4, -0.2) is 12.6 Å². The normalized spacial score (nSPS) is 9.23. The molecule has 0 N–H and O–H groups in total. The van der Waals surface area contributed by atoms with Crippen LogP contribution in [-0.2, 0) is 9.59 Å². The van der Waals surface area contributed by atoms with Gasteiger partial charge in [0.1, 0.15) is 12.6 Å². The van der Waals surface area contributed by atoms with Crippen molar-refractivity contribution < 1.29 is 9.59 Å². The van der Waals surface area contributed by atoms with Gasteiger partial charge in [-0.1, -0.05) is 19.6 Å². The van der Waals surface area contributed by atoms with E-state index < -0.39 is 0 Å². The van der Waals surface area contributed by atoms with Gasteiger partial charge in [0, 0.05) is 0 Å². The van der Waals surface area contributed by atoms with Crippen LogP contribution in [0.25, 0.3) is 0 Å². The van der Waals surface area contributed by atoms with E-state index in [0.29, 0.717) is 11.1 Å². The molecule has 2 nitrogen and oxygen atoms in total. The van der Waals surface area contributed by atoms with Crippen LogP contribution in [0.2, 0.25) is 0 Å². The maximum atomic E-state index is 10.2. The molecule has 0 rings (SSSR count). The summed E-state index contributed by atoms with van der Waals surface area (Å²) in [7, 11) is 0. The van der Waals surface area contributed by atoms with Crippen molar-refractivity contribution in [2.24, 2.45) is 0 Å². The van der Waals surface area contributed by atoms with Crippen LogP contribution < -0.4 is 0 Å². The van der Waals surface area contributed by atoms with Crippen LogP contribution in [0.1, 0.15) is 32.1 Å². The Hall–Kier alpha value is -1.18. The van der Waals surface area contributed by atoms with Gasteiger partial charge in [-0.3, -0.25) is 9.59 Å². The Morgan fingerprint density at radius 2 is 1.23 bits per heavy atom. The smallest absolute Gasteiger partial charge is 0.145 e. The van der Waals surface area contributed by atoms with Gasteiger partial charge in [-0.2, -0.15) is 0 Å². The molecule has 0 aromatic heterocycles. The van der Waals surface area contributed by atoms with Crippen LogP contribution in [0.3, 0.4) is 0 Å². The molecule has 0 aliphatic heterocycles. The lowest BCUT2D eigenvalue weighted by molar-refractivity contribution is -0.105. The summed E-state index contributed by atoms with van der Waals surface area (Å²) in [4.78, 5) is 20.3. The molecule has 72 valence electrons. The quantitative estimate of drug-likeness (QED) is 0.326. The first-order chi connectivity index (χ1) is 6.20. The molecule has 0 heterocycles. The van der Waals surface area contributed by atoms with Crippen LogP contribution in [0.15, 0.2) is 24.3 Å². The van der Waals surface area contributed by atoms with Crippen molar-refractivity contribution in [3.05, 3.63) is 24.3 Å². The monoisotopic (exact) mass is 180 g/mol. The molecule has 13 heavy (non-hydrogen) atoms. The second-order valence-corrected chi connectivity index (χ2v) is 3.11. The molecule has 0 aliphatic carbocycles. The Morgan fingerprint density at radius 1 is 0.846 bits per heavy atom. The third kappa shape index (κ3) is 7.19. The Labute approximate surface area is 79.3 Å². The van der Waals surface area contributed by atoms with E-state index in [-0.39, 0.29) is 0 Å². The molecule has 0 atom stereocenters. The number of carbonyl (C=O) groups excluding carboxylic acids is 2. The second-order valence-electron chi connectivity index (χ2n) is 3.11. The highest BCUT2D eigenvalue weighted by atomic mass is 16.1. The predicted octanol–water partition coefficient (Wildman–Crippen LogP) is 2.45. The first kappa shape index (κ1) is 11.8. The first-order valence-electron chi connectivity index (χ1n) is 4.46. The third-order valence-electron chi connectivity index (χ3n) is 1.83. The Kier molecular flexibility index (Phi) is 6.79. The van der Waals surface area contributed by atoms with E-state index >= 15 is 0 Å². The van der Waals surface area contributed by atoms with Crippen LogP contribution in [0, 0.1) is 0 Å². The van der Waals surface area contributed by atoms with Crippen LogP contribution >= 0.6 is 0 Å². The zero-order chi connectivity index (χ0) is 10.1. The molecule has 0 aromatic carbocycles. The molecule has 0 unspecified atom stereocenters. The fourth-order valence-corrected chi connectivity index (χ4v) is 0.999. The molecule has 0 spiro atoms. The maximum absolute atomic E-state index is 10.2. The predicted molar refractivity (Wildman–Crippen MR) is 53.5 cm³/mol. The number of carbonyl (C=O) groups is 2. The van der Waals surface area contributed by atoms with E-state index in [9.17, 15) is 9.59 Å². The minimum atomic E-state index is 0.647. The fraction of sp³-hybridized carbons (Fsp3) is 0.455. The van der Waals surface area contributed by atoms with E-state index in [1.54, 1.807) is 0 Å². The Balaban J connectivity index is 3.26. The first-order valence-corrected chi connectivity index (χ1v) is 4.46. The fourth-order valence-electron chi connectivity index (χ4n) is 0.999. The molecular weight excluding hydrogens is 164 g/mol. The Morgan fingerprint density at radius 3 is 1.54 bits per heavy atom. The highest BCUT2D eigenvalue weighted by Crippen LogP contribution is 2.09. The lowest BCUT2D eigenvalue weighted by atomic mass is 10.1. The summed E-state index contributed by atoms with van der Waals surface area (Å²) in [5.74, 6) is 0. The van der Waals surface area contributed by atoms with E-state index in [1.165, 1.54) is 0 Å². The van der Waals surface area contributed by atoms with Crippen LogP contribution in [0.4, 0.5) is 0 Å². The molecule has 0 fully saturated rings. The minimum Gasteiger partial charge on any atom is -0.298 e. The summed E-state index contributed by atoms with van der Waals surface area (Å²) in [5.41, 5.74) is 1.29. The number of unbranched alkanes of at least 4 members (excludes halogenated alkanes) is 2. The summed E-state index contributed by atoms with van der Waals surface area (Å²) in [6.07, 6.45) is 6.05. The minimum absolute atomic E-state index is 0.647. The van der Waals surface area contributed by atoms with E-state index in [4.69, 9.17) is 0 Å². The molecular formula is C11H16O2. The largest absolute Gasteiger partial charge is 0.298 e. The van der Waals surface area contributed by atoms with Gasteiger partial charge in [0.2, 0.25) is 0 Å². The summed E-state index contributed by atoms with van der Waals surface area (Å²) in [5, 5.41) is 0. The topological polar surface area (TPSA) is 34.1 Å². The Bertz CT molecular complexity index is 182. The van der Waals surface area contributed by atoms with Gasteiger partial charge < -0.3 is 0 Å². The van der Waals surface area contributed by atoms with Crippen molar-refractivity contribution in [1.29, 1.82) is 0 Å². The highest BCUT2D eigenvalue weighted by molar-refractivity contribution is 5.72. The van der Waals surface area contributed by atoms with E-state index in [2.05, 4.69) is 13.2 Å². The van der Waals surface area contributed by atoms with Crippen molar-refractivity contribution in [3.63, 3.8) is 0 Å². The van der Waals surface area contributed by atoms with Gasteiger partial charge >= 0.3 is 0 Å². The molecule has 0 radical (unpaired) electrons. The zero-order valence-electron chi connectivity index (χ0n) is 7.92. The van der Waals surface area contributed by atoms with Gasteiger partial charge in [-0.25, -0.2) is 0 Å². The van der Waals surface area contributed by atoms with Crippen molar-refractivity contribution in [2.45, 2.75) is 32.1 Å². The van der Waals surface area contributed by atoms with Gasteiger partial charge in [-0.05, 0) is 36.8 Å². The zero-order valence-corrected chi connectivity index (χ0v) is 7.92. The van der Waals surface area contributed by atoms with Crippen LogP contribution in [0.5, 0.6) is 0 Å². The summed E-state index contributed by atoms with van der Waals surface area (Å²) in [6, 6.07) is 0. The van der Waals surface area contributed by atoms with E-state index in [1.807, 2.05) is 0 Å². The number of hydrogen-bond donors (Lipinski definition) is 0. The molecule has 2 heteroatoms.